The van der Waals surface area contributed by atoms with Gasteiger partial charge in [0.15, 0.2) is 0 Å². The number of phenolic OH excluding ortho intramolecular Hbond substituents is 1. The van der Waals surface area contributed by atoms with Crippen molar-refractivity contribution in [2.45, 2.75) is 125 Å². The number of nitrogens with zero attached hydrogens (tertiary/aromatic N) is 4. The number of hydrogen-bond acceptors (Lipinski definition) is 9. The van der Waals surface area contributed by atoms with Crippen molar-refractivity contribution in [2.75, 3.05) is 104 Å². The fraction of sp³-hybridized carbons (Fsp3) is 0.619. The van der Waals surface area contributed by atoms with E-state index in [9.17, 15) is 10.2 Å². The van der Waals surface area contributed by atoms with E-state index in [2.05, 4.69) is 112 Å². The Morgan fingerprint density at radius 3 is 1.40 bits per heavy atom. The summed E-state index contributed by atoms with van der Waals surface area (Å²) in [5.74, 6) is 6.76. The minimum Gasteiger partial charge on any atom is -0.508 e. The third-order valence-electron chi connectivity index (χ3n) is 16.2. The SMILES string of the molecule is CN(C)CC1CCCCC1c1cccc(O)c1.COc1cccc(C2(Cl)CCCCC2CN(C)C)c1.COc1cccc(C2(O)CCCCC2CN(C)C)c1.COc1cccc(C2CCCCC2CN(C)C)c1. The van der Waals surface area contributed by atoms with E-state index < -0.39 is 5.60 Å². The van der Waals surface area contributed by atoms with Crippen LogP contribution in [0.25, 0.3) is 0 Å². The predicted octanol–water partition coefficient (Wildman–Crippen LogP) is 13.3. The smallest absolute Gasteiger partial charge is 0.119 e. The van der Waals surface area contributed by atoms with E-state index in [1.54, 1.807) is 27.4 Å². The maximum absolute atomic E-state index is 11.2. The molecule has 0 aliphatic heterocycles. The average Bonchev–Trinajstić information content (AvgIpc) is 3.38. The summed E-state index contributed by atoms with van der Waals surface area (Å²) in [5, 5.41) is 20.8. The molecule has 4 aliphatic rings. The Kier molecular flexibility index (Phi) is 24.7. The van der Waals surface area contributed by atoms with Crippen molar-refractivity contribution in [1.29, 1.82) is 0 Å². The minimum atomic E-state index is -0.711. The molecule has 4 aliphatic carbocycles. The van der Waals surface area contributed by atoms with Crippen LogP contribution < -0.4 is 14.2 Å². The highest BCUT2D eigenvalue weighted by Crippen LogP contribution is 2.48. The Morgan fingerprint density at radius 1 is 0.466 bits per heavy atom. The second-order valence-corrected chi connectivity index (χ2v) is 23.5. The van der Waals surface area contributed by atoms with E-state index in [-0.39, 0.29) is 4.87 Å². The summed E-state index contributed by atoms with van der Waals surface area (Å²) in [7, 11) is 22.2. The van der Waals surface area contributed by atoms with Crippen LogP contribution in [0.5, 0.6) is 23.0 Å². The maximum atomic E-state index is 11.2. The van der Waals surface area contributed by atoms with Gasteiger partial charge >= 0.3 is 0 Å². The van der Waals surface area contributed by atoms with Crippen molar-refractivity contribution in [3.8, 4) is 23.0 Å². The van der Waals surface area contributed by atoms with Gasteiger partial charge in [0, 0.05) is 32.1 Å². The van der Waals surface area contributed by atoms with Crippen molar-refractivity contribution in [1.82, 2.24) is 19.6 Å². The highest BCUT2D eigenvalue weighted by atomic mass is 35.5. The van der Waals surface area contributed by atoms with Crippen LogP contribution in [0, 0.1) is 23.7 Å². The lowest BCUT2D eigenvalue weighted by Gasteiger charge is -2.41. The Morgan fingerprint density at radius 2 is 0.877 bits per heavy atom. The summed E-state index contributed by atoms with van der Waals surface area (Å²) in [6.45, 7) is 4.32. The van der Waals surface area contributed by atoms with Gasteiger partial charge in [0.05, 0.1) is 31.8 Å². The van der Waals surface area contributed by atoms with Gasteiger partial charge in [-0.2, -0.15) is 0 Å². The predicted molar refractivity (Wildman–Crippen MR) is 306 cm³/mol. The molecule has 8 rings (SSSR count). The Labute approximate surface area is 448 Å². The van der Waals surface area contributed by atoms with Gasteiger partial charge < -0.3 is 44.0 Å². The largest absolute Gasteiger partial charge is 0.508 e. The first-order valence-corrected chi connectivity index (χ1v) is 28.1. The zero-order chi connectivity index (χ0) is 53.0. The monoisotopic (exact) mass is 1020 g/mol. The summed E-state index contributed by atoms with van der Waals surface area (Å²) < 4.78 is 16.0. The molecule has 4 saturated carbocycles. The number of alkyl halides is 1. The van der Waals surface area contributed by atoms with Crippen LogP contribution in [0.15, 0.2) is 97.1 Å². The number of aromatic hydroxyl groups is 1. The quantitative estimate of drug-likeness (QED) is 0.113. The molecule has 0 amide bonds. The van der Waals surface area contributed by atoms with Crippen LogP contribution in [0.2, 0.25) is 0 Å². The van der Waals surface area contributed by atoms with Crippen LogP contribution in [-0.4, -0.2) is 134 Å². The fourth-order valence-electron chi connectivity index (χ4n) is 12.6. The number of rotatable bonds is 15. The molecule has 8 unspecified atom stereocenters. The van der Waals surface area contributed by atoms with E-state index in [1.807, 2.05) is 54.6 Å². The molecule has 8 atom stereocenters. The van der Waals surface area contributed by atoms with E-state index in [0.717, 1.165) is 80.0 Å². The summed E-state index contributed by atoms with van der Waals surface area (Å²) in [6, 6.07) is 32.6. The van der Waals surface area contributed by atoms with Crippen LogP contribution in [-0.2, 0) is 10.5 Å². The summed E-state index contributed by atoms with van der Waals surface area (Å²) >= 11 is 7.06. The molecular weight excluding hydrogens is 928 g/mol. The first kappa shape index (κ1) is 60.0. The molecule has 0 heterocycles. The first-order valence-electron chi connectivity index (χ1n) is 27.7. The van der Waals surface area contributed by atoms with Gasteiger partial charge in [-0.05, 0) is 208 Å². The third kappa shape index (κ3) is 18.2. The van der Waals surface area contributed by atoms with E-state index in [1.165, 1.54) is 100 Å². The Hall–Kier alpha value is -3.83. The van der Waals surface area contributed by atoms with Crippen LogP contribution in [0.4, 0.5) is 0 Å². The second-order valence-electron chi connectivity index (χ2n) is 22.9. The van der Waals surface area contributed by atoms with E-state index in [0.29, 0.717) is 29.4 Å². The van der Waals surface area contributed by atoms with Gasteiger partial charge in [0.25, 0.3) is 0 Å². The van der Waals surface area contributed by atoms with Gasteiger partial charge in [-0.3, -0.25) is 0 Å². The third-order valence-corrected chi connectivity index (χ3v) is 16.9. The topological polar surface area (TPSA) is 81.1 Å². The molecule has 4 fully saturated rings. The summed E-state index contributed by atoms with van der Waals surface area (Å²) in [6.07, 6.45) is 19.7. The number of halogens is 1. The highest BCUT2D eigenvalue weighted by Gasteiger charge is 2.42. The number of benzene rings is 4. The molecule has 10 heteroatoms. The molecule has 73 heavy (non-hydrogen) atoms. The molecule has 2 N–H and O–H groups in total. The number of methoxy groups -OCH3 is 3. The Balaban J connectivity index is 0.000000181. The fourth-order valence-corrected chi connectivity index (χ4v) is 13.1. The zero-order valence-corrected chi connectivity index (χ0v) is 47.9. The van der Waals surface area contributed by atoms with Gasteiger partial charge in [0.2, 0.25) is 0 Å². The lowest BCUT2D eigenvalue weighted by Crippen LogP contribution is -2.43. The molecule has 0 aromatic heterocycles. The molecular formula is C63H97ClN4O5. The van der Waals surface area contributed by atoms with Crippen molar-refractivity contribution < 1.29 is 24.4 Å². The van der Waals surface area contributed by atoms with Crippen molar-refractivity contribution >= 4 is 11.6 Å². The first-order chi connectivity index (χ1) is 35.0. The molecule has 0 radical (unpaired) electrons. The van der Waals surface area contributed by atoms with E-state index in [4.69, 9.17) is 25.8 Å². The van der Waals surface area contributed by atoms with Gasteiger partial charge in [-0.25, -0.2) is 0 Å². The molecule has 0 bridgehead atoms. The molecule has 0 spiro atoms. The van der Waals surface area contributed by atoms with Crippen LogP contribution in [0.3, 0.4) is 0 Å². The molecule has 0 saturated heterocycles. The van der Waals surface area contributed by atoms with Gasteiger partial charge in [-0.15, -0.1) is 11.6 Å². The number of aliphatic hydroxyl groups is 1. The molecule has 4 aromatic carbocycles. The lowest BCUT2D eigenvalue weighted by molar-refractivity contribution is -0.0619. The summed E-state index contributed by atoms with van der Waals surface area (Å²) in [5.41, 5.74) is 4.27. The van der Waals surface area contributed by atoms with Crippen LogP contribution in [0.1, 0.15) is 137 Å². The molecule has 406 valence electrons. The molecule has 9 nitrogen and oxygen atoms in total. The second kappa shape index (κ2) is 30.0. The minimum absolute atomic E-state index is 0.239. The summed E-state index contributed by atoms with van der Waals surface area (Å²) in [4.78, 5) is 8.78. The van der Waals surface area contributed by atoms with Crippen molar-refractivity contribution in [3.63, 3.8) is 0 Å². The normalized spacial score (nSPS) is 26.2. The molecule has 4 aromatic rings. The van der Waals surface area contributed by atoms with Crippen molar-refractivity contribution in [2.24, 2.45) is 23.7 Å². The van der Waals surface area contributed by atoms with Gasteiger partial charge in [-0.1, -0.05) is 99.9 Å². The Bertz CT molecular complexity index is 2110. The number of ether oxygens (including phenoxy) is 3. The average molecular weight is 1030 g/mol. The zero-order valence-electron chi connectivity index (χ0n) is 47.1. The standard InChI is InChI=1S/C16H24ClNO.C16H25NO2.C16H25NO.C15H23NO/c1-18(2)12-14-7-4-5-10-16(14,17)13-8-6-9-15(11-13)19-3;1-17(2)12-14-7-4-5-10-16(14,18)13-8-6-9-15(11-13)19-3;1-17(2)12-14-7-4-5-10-16(14)13-8-6-9-15(11-13)18-3;1-16(2)11-13-6-3-4-9-15(13)12-7-5-8-14(17)10-12/h6,8-9,11,14H,4-5,7,10,12H2,1-3H3;6,8-9,11,14,18H,4-5,7,10,12H2,1-3H3;6,8-9,11,14,16H,4-5,7,10,12H2,1-3H3;5,7-8,10,13,15,17H,3-4,6,9,11H2,1-2H3. The van der Waals surface area contributed by atoms with Gasteiger partial charge in [0.1, 0.15) is 23.0 Å². The van der Waals surface area contributed by atoms with E-state index >= 15 is 0 Å². The highest BCUT2D eigenvalue weighted by molar-refractivity contribution is 6.24. The lowest BCUT2D eigenvalue weighted by atomic mass is 9.71. The maximum Gasteiger partial charge on any atom is 0.119 e. The number of phenols is 1. The van der Waals surface area contributed by atoms with Crippen molar-refractivity contribution in [3.05, 3.63) is 119 Å². The number of hydrogen-bond donors (Lipinski definition) is 2. The van der Waals surface area contributed by atoms with Crippen LogP contribution >= 0.6 is 11.6 Å².